The van der Waals surface area contributed by atoms with Crippen molar-refractivity contribution in [1.29, 1.82) is 0 Å². The molecule has 25 heavy (non-hydrogen) atoms. The molecule has 0 saturated carbocycles. The van der Waals surface area contributed by atoms with Crippen molar-refractivity contribution in [2.45, 2.75) is 26.2 Å². The lowest BCUT2D eigenvalue weighted by Crippen LogP contribution is -2.25. The molecule has 0 bridgehead atoms. The van der Waals surface area contributed by atoms with E-state index >= 15 is 0 Å². The zero-order chi connectivity index (χ0) is 17.4. The van der Waals surface area contributed by atoms with E-state index in [0.29, 0.717) is 19.6 Å². The fourth-order valence-corrected chi connectivity index (χ4v) is 3.42. The standard InChI is InChI=1S/C20H21N3O2/c1-3-25-18-7-5-4-6-17(18)23-12-14(11-19(23)24)20-21-15-9-8-13(2)10-16(15)22-20/h4-10,14H,3,11-12H2,1-2H3,(H,21,22). The number of hydrogen-bond acceptors (Lipinski definition) is 3. The molecule has 4 rings (SSSR count). The van der Waals surface area contributed by atoms with Crippen LogP contribution in [0.2, 0.25) is 0 Å². The quantitative estimate of drug-likeness (QED) is 0.789. The van der Waals surface area contributed by atoms with Crippen LogP contribution in [-0.4, -0.2) is 29.0 Å². The van der Waals surface area contributed by atoms with Gasteiger partial charge in [0.1, 0.15) is 11.6 Å². The fourth-order valence-electron chi connectivity index (χ4n) is 3.42. The number of nitrogens with zero attached hydrogens (tertiary/aromatic N) is 2. The molecular formula is C20H21N3O2. The number of para-hydroxylation sites is 2. The van der Waals surface area contributed by atoms with Gasteiger partial charge in [-0.15, -0.1) is 0 Å². The van der Waals surface area contributed by atoms with Crippen LogP contribution in [0.15, 0.2) is 42.5 Å². The number of aromatic nitrogens is 2. The first kappa shape index (κ1) is 15.7. The van der Waals surface area contributed by atoms with Crippen LogP contribution in [0, 0.1) is 6.92 Å². The molecule has 1 amide bonds. The van der Waals surface area contributed by atoms with Gasteiger partial charge < -0.3 is 14.6 Å². The number of anilines is 1. The Hall–Kier alpha value is -2.82. The van der Waals surface area contributed by atoms with Crippen LogP contribution in [0.25, 0.3) is 11.0 Å². The highest BCUT2D eigenvalue weighted by atomic mass is 16.5. The lowest BCUT2D eigenvalue weighted by molar-refractivity contribution is -0.117. The van der Waals surface area contributed by atoms with Crippen molar-refractivity contribution in [3.05, 3.63) is 53.9 Å². The molecule has 1 aliphatic heterocycles. The number of aryl methyl sites for hydroxylation is 1. The van der Waals surface area contributed by atoms with Gasteiger partial charge in [0.05, 0.1) is 23.3 Å². The number of amides is 1. The van der Waals surface area contributed by atoms with Gasteiger partial charge in [-0.05, 0) is 43.7 Å². The first-order chi connectivity index (χ1) is 12.2. The topological polar surface area (TPSA) is 58.2 Å². The number of carbonyl (C=O) groups is 1. The molecule has 1 aromatic heterocycles. The molecule has 2 aromatic carbocycles. The Morgan fingerprint density at radius 3 is 2.96 bits per heavy atom. The Morgan fingerprint density at radius 2 is 2.12 bits per heavy atom. The number of imidazole rings is 1. The highest BCUT2D eigenvalue weighted by Crippen LogP contribution is 2.36. The number of carbonyl (C=O) groups excluding carboxylic acids is 1. The second-order valence-electron chi connectivity index (χ2n) is 6.45. The summed E-state index contributed by atoms with van der Waals surface area (Å²) >= 11 is 0. The number of fused-ring (bicyclic) bond motifs is 1. The highest BCUT2D eigenvalue weighted by molar-refractivity contribution is 5.97. The van der Waals surface area contributed by atoms with Gasteiger partial charge >= 0.3 is 0 Å². The molecule has 1 unspecified atom stereocenters. The Kier molecular flexibility index (Phi) is 3.92. The van der Waals surface area contributed by atoms with Gasteiger partial charge in [-0.1, -0.05) is 18.2 Å². The molecule has 0 aliphatic carbocycles. The fraction of sp³-hybridized carbons (Fsp3) is 0.300. The van der Waals surface area contributed by atoms with E-state index in [-0.39, 0.29) is 11.8 Å². The predicted octanol–water partition coefficient (Wildman–Crippen LogP) is 3.79. The van der Waals surface area contributed by atoms with E-state index in [1.165, 1.54) is 5.56 Å². The van der Waals surface area contributed by atoms with Crippen molar-refractivity contribution in [1.82, 2.24) is 9.97 Å². The maximum absolute atomic E-state index is 12.6. The highest BCUT2D eigenvalue weighted by Gasteiger charge is 2.34. The number of nitrogens with one attached hydrogen (secondary N) is 1. The van der Waals surface area contributed by atoms with Crippen LogP contribution in [-0.2, 0) is 4.79 Å². The summed E-state index contributed by atoms with van der Waals surface area (Å²) in [7, 11) is 0. The lowest BCUT2D eigenvalue weighted by Gasteiger charge is -2.19. The van der Waals surface area contributed by atoms with Gasteiger partial charge in [-0.25, -0.2) is 4.98 Å². The van der Waals surface area contributed by atoms with Gasteiger partial charge in [0, 0.05) is 18.9 Å². The first-order valence-electron chi connectivity index (χ1n) is 8.64. The molecule has 1 aliphatic rings. The van der Waals surface area contributed by atoms with Gasteiger partial charge in [-0.3, -0.25) is 4.79 Å². The van der Waals surface area contributed by atoms with E-state index in [4.69, 9.17) is 9.72 Å². The first-order valence-corrected chi connectivity index (χ1v) is 8.64. The van der Waals surface area contributed by atoms with Gasteiger partial charge in [0.2, 0.25) is 5.91 Å². The monoisotopic (exact) mass is 335 g/mol. The number of H-pyrrole nitrogens is 1. The van der Waals surface area contributed by atoms with E-state index < -0.39 is 0 Å². The summed E-state index contributed by atoms with van der Waals surface area (Å²) in [5.41, 5.74) is 4.00. The summed E-state index contributed by atoms with van der Waals surface area (Å²) in [5.74, 6) is 1.80. The minimum Gasteiger partial charge on any atom is -0.492 e. The van der Waals surface area contributed by atoms with Gasteiger partial charge in [0.25, 0.3) is 0 Å². The van der Waals surface area contributed by atoms with Crippen LogP contribution < -0.4 is 9.64 Å². The van der Waals surface area contributed by atoms with Crippen molar-refractivity contribution < 1.29 is 9.53 Å². The molecule has 1 N–H and O–H groups in total. The number of hydrogen-bond donors (Lipinski definition) is 1. The minimum absolute atomic E-state index is 0.0647. The van der Waals surface area contributed by atoms with Crippen LogP contribution in [0.4, 0.5) is 5.69 Å². The summed E-state index contributed by atoms with van der Waals surface area (Å²) in [6.07, 6.45) is 0.458. The maximum atomic E-state index is 12.6. The number of ether oxygens (including phenoxy) is 1. The normalized spacial score (nSPS) is 17.4. The minimum atomic E-state index is 0.0647. The van der Waals surface area contributed by atoms with Crippen molar-refractivity contribution in [2.75, 3.05) is 18.1 Å². The average molecular weight is 335 g/mol. The SMILES string of the molecule is CCOc1ccccc1N1CC(c2nc3ccc(C)cc3[nH]2)CC1=O. The molecule has 0 radical (unpaired) electrons. The maximum Gasteiger partial charge on any atom is 0.227 e. The van der Waals surface area contributed by atoms with E-state index in [2.05, 4.69) is 24.0 Å². The third-order valence-corrected chi connectivity index (χ3v) is 4.62. The van der Waals surface area contributed by atoms with E-state index in [0.717, 1.165) is 28.3 Å². The van der Waals surface area contributed by atoms with Gasteiger partial charge in [-0.2, -0.15) is 0 Å². The van der Waals surface area contributed by atoms with Crippen LogP contribution in [0.3, 0.4) is 0 Å². The second-order valence-corrected chi connectivity index (χ2v) is 6.45. The summed E-state index contributed by atoms with van der Waals surface area (Å²) in [6.45, 7) is 5.19. The van der Waals surface area contributed by atoms with Crippen molar-refractivity contribution in [2.24, 2.45) is 0 Å². The van der Waals surface area contributed by atoms with Crippen molar-refractivity contribution in [3.8, 4) is 5.75 Å². The van der Waals surface area contributed by atoms with Crippen molar-refractivity contribution in [3.63, 3.8) is 0 Å². The molecule has 5 nitrogen and oxygen atoms in total. The summed E-state index contributed by atoms with van der Waals surface area (Å²) in [4.78, 5) is 22.5. The summed E-state index contributed by atoms with van der Waals surface area (Å²) in [6, 6.07) is 13.9. The molecule has 1 atom stereocenters. The predicted molar refractivity (Wildman–Crippen MR) is 98.2 cm³/mol. The molecule has 0 spiro atoms. The van der Waals surface area contributed by atoms with Crippen molar-refractivity contribution >= 4 is 22.6 Å². The molecule has 2 heterocycles. The number of aromatic amines is 1. The third-order valence-electron chi connectivity index (χ3n) is 4.62. The molecule has 5 heteroatoms. The Morgan fingerprint density at radius 1 is 1.28 bits per heavy atom. The second kappa shape index (κ2) is 6.24. The number of rotatable bonds is 4. The van der Waals surface area contributed by atoms with Crippen LogP contribution in [0.1, 0.15) is 30.7 Å². The average Bonchev–Trinajstić information content (AvgIpc) is 3.19. The Labute approximate surface area is 146 Å². The zero-order valence-electron chi connectivity index (χ0n) is 14.5. The molecule has 1 saturated heterocycles. The smallest absolute Gasteiger partial charge is 0.227 e. The van der Waals surface area contributed by atoms with Crippen LogP contribution in [0.5, 0.6) is 5.75 Å². The van der Waals surface area contributed by atoms with E-state index in [1.54, 1.807) is 0 Å². The molecule has 3 aromatic rings. The molecule has 1 fully saturated rings. The Bertz CT molecular complexity index is 932. The Balaban J connectivity index is 1.63. The van der Waals surface area contributed by atoms with Gasteiger partial charge in [0.15, 0.2) is 0 Å². The van der Waals surface area contributed by atoms with Crippen LogP contribution >= 0.6 is 0 Å². The largest absolute Gasteiger partial charge is 0.492 e. The lowest BCUT2D eigenvalue weighted by atomic mass is 10.1. The molecular weight excluding hydrogens is 314 g/mol. The summed E-state index contributed by atoms with van der Waals surface area (Å²) < 4.78 is 5.68. The van der Waals surface area contributed by atoms with E-state index in [1.807, 2.05) is 42.2 Å². The third kappa shape index (κ3) is 2.86. The summed E-state index contributed by atoms with van der Waals surface area (Å²) in [5, 5.41) is 0. The molecule has 128 valence electrons. The van der Waals surface area contributed by atoms with E-state index in [9.17, 15) is 4.79 Å². The number of benzene rings is 2. The zero-order valence-corrected chi connectivity index (χ0v) is 14.5.